The molecule has 2 aromatic carbocycles. The Balaban J connectivity index is 1.69. The van der Waals surface area contributed by atoms with Crippen molar-refractivity contribution < 1.29 is 0 Å². The van der Waals surface area contributed by atoms with E-state index in [0.717, 1.165) is 24.0 Å². The Labute approximate surface area is 145 Å². The van der Waals surface area contributed by atoms with Crippen molar-refractivity contribution in [3.63, 3.8) is 0 Å². The molecule has 3 aromatic rings. The fourth-order valence-corrected chi connectivity index (χ4v) is 3.78. The highest BCUT2D eigenvalue weighted by molar-refractivity contribution is 9.10. The summed E-state index contributed by atoms with van der Waals surface area (Å²) < 4.78 is 1.13. The van der Waals surface area contributed by atoms with Crippen LogP contribution in [0.15, 0.2) is 71.4 Å². The number of rotatable bonds is 3. The van der Waals surface area contributed by atoms with Gasteiger partial charge in [-0.15, -0.1) is 0 Å². The molecule has 116 valence electrons. The summed E-state index contributed by atoms with van der Waals surface area (Å²) in [6, 6.07) is 17.6. The van der Waals surface area contributed by atoms with Gasteiger partial charge in [-0.25, -0.2) is 0 Å². The summed E-state index contributed by atoms with van der Waals surface area (Å²) in [7, 11) is 0. The maximum absolute atomic E-state index is 3.60. The first-order valence-corrected chi connectivity index (χ1v) is 8.80. The van der Waals surface area contributed by atoms with Crippen molar-refractivity contribution in [2.75, 3.05) is 6.54 Å². The quantitative estimate of drug-likeness (QED) is 0.612. The number of aromatic nitrogens is 1. The fraction of sp³-hybridized carbons (Fsp3) is 0.200. The van der Waals surface area contributed by atoms with Gasteiger partial charge < -0.3 is 4.98 Å². The third-order valence-corrected chi connectivity index (χ3v) is 5.06. The molecule has 2 nitrogen and oxygen atoms in total. The number of nitrogens with one attached hydrogen (secondary N) is 1. The third-order valence-electron chi connectivity index (χ3n) is 4.57. The predicted molar refractivity (Wildman–Crippen MR) is 99.3 cm³/mol. The second-order valence-electron chi connectivity index (χ2n) is 6.07. The van der Waals surface area contributed by atoms with Crippen LogP contribution in [0.4, 0.5) is 0 Å². The number of halogens is 1. The third kappa shape index (κ3) is 2.99. The first-order valence-electron chi connectivity index (χ1n) is 8.01. The predicted octanol–water partition coefficient (Wildman–Crippen LogP) is 5.43. The fourth-order valence-electron chi connectivity index (χ4n) is 3.42. The van der Waals surface area contributed by atoms with Gasteiger partial charge in [-0.2, -0.15) is 0 Å². The second-order valence-corrected chi connectivity index (χ2v) is 6.99. The van der Waals surface area contributed by atoms with Crippen LogP contribution in [0.1, 0.15) is 23.6 Å². The molecule has 3 heteroatoms. The molecule has 4 rings (SSSR count). The maximum atomic E-state index is 3.60. The number of fused-ring (bicyclic) bond motifs is 1. The molecule has 0 aliphatic carbocycles. The van der Waals surface area contributed by atoms with Crippen molar-refractivity contribution >= 4 is 26.8 Å². The van der Waals surface area contributed by atoms with Crippen LogP contribution in [-0.2, 0) is 6.54 Å². The molecule has 1 aromatic heterocycles. The highest BCUT2D eigenvalue weighted by Gasteiger charge is 2.24. The van der Waals surface area contributed by atoms with E-state index in [0.29, 0.717) is 6.04 Å². The largest absolute Gasteiger partial charge is 0.361 e. The van der Waals surface area contributed by atoms with Gasteiger partial charge in [-0.05, 0) is 35.7 Å². The van der Waals surface area contributed by atoms with E-state index in [4.69, 9.17) is 0 Å². The van der Waals surface area contributed by atoms with E-state index in [-0.39, 0.29) is 0 Å². The Kier molecular flexibility index (Phi) is 4.06. The van der Waals surface area contributed by atoms with Gasteiger partial charge in [0.1, 0.15) is 0 Å². The van der Waals surface area contributed by atoms with Crippen LogP contribution in [0.25, 0.3) is 10.9 Å². The van der Waals surface area contributed by atoms with E-state index in [9.17, 15) is 0 Å². The van der Waals surface area contributed by atoms with Crippen molar-refractivity contribution in [1.82, 2.24) is 9.88 Å². The molecule has 0 saturated carbocycles. The summed E-state index contributed by atoms with van der Waals surface area (Å²) >= 11 is 3.60. The van der Waals surface area contributed by atoms with E-state index >= 15 is 0 Å². The van der Waals surface area contributed by atoms with Crippen LogP contribution in [-0.4, -0.2) is 16.4 Å². The number of H-pyrrole nitrogens is 1. The Morgan fingerprint density at radius 3 is 2.83 bits per heavy atom. The van der Waals surface area contributed by atoms with E-state index in [1.165, 1.54) is 22.0 Å². The van der Waals surface area contributed by atoms with E-state index in [2.05, 4.69) is 92.7 Å². The molecule has 1 N–H and O–H groups in total. The Hall–Kier alpha value is -1.84. The highest BCUT2D eigenvalue weighted by atomic mass is 79.9. The average Bonchev–Trinajstić information content (AvgIpc) is 2.99. The zero-order valence-corrected chi connectivity index (χ0v) is 14.5. The minimum absolute atomic E-state index is 0.420. The zero-order valence-electron chi connectivity index (χ0n) is 12.9. The van der Waals surface area contributed by atoms with Crippen LogP contribution in [0.3, 0.4) is 0 Å². The van der Waals surface area contributed by atoms with Gasteiger partial charge >= 0.3 is 0 Å². The number of hydrogen-bond acceptors (Lipinski definition) is 1. The van der Waals surface area contributed by atoms with Crippen molar-refractivity contribution in [3.8, 4) is 0 Å². The lowest BCUT2D eigenvalue weighted by Gasteiger charge is -2.33. The van der Waals surface area contributed by atoms with Gasteiger partial charge in [0.05, 0.1) is 0 Å². The van der Waals surface area contributed by atoms with Crippen LogP contribution in [0.5, 0.6) is 0 Å². The lowest BCUT2D eigenvalue weighted by molar-refractivity contribution is 0.203. The summed E-state index contributed by atoms with van der Waals surface area (Å²) in [5.41, 5.74) is 3.97. The van der Waals surface area contributed by atoms with E-state index < -0.39 is 0 Å². The summed E-state index contributed by atoms with van der Waals surface area (Å²) in [6.45, 7) is 1.98. The first kappa shape index (κ1) is 14.7. The van der Waals surface area contributed by atoms with Crippen molar-refractivity contribution in [2.45, 2.75) is 19.0 Å². The van der Waals surface area contributed by atoms with Gasteiger partial charge in [0.25, 0.3) is 0 Å². The lowest BCUT2D eigenvalue weighted by Crippen LogP contribution is -2.30. The van der Waals surface area contributed by atoms with Gasteiger partial charge in [-0.1, -0.05) is 58.4 Å². The first-order chi connectivity index (χ1) is 11.3. The van der Waals surface area contributed by atoms with Crippen LogP contribution in [0.2, 0.25) is 0 Å². The molecule has 1 atom stereocenters. The van der Waals surface area contributed by atoms with Crippen molar-refractivity contribution in [2.24, 2.45) is 0 Å². The molecule has 0 bridgehead atoms. The van der Waals surface area contributed by atoms with E-state index in [1.807, 2.05) is 0 Å². The molecule has 1 aliphatic heterocycles. The molecular formula is C20H19BrN2. The Morgan fingerprint density at radius 1 is 1.09 bits per heavy atom. The second kappa shape index (κ2) is 6.34. The smallest absolute Gasteiger partial charge is 0.0458 e. The Bertz CT molecular complexity index is 835. The molecule has 0 amide bonds. The molecule has 2 heterocycles. The van der Waals surface area contributed by atoms with Gasteiger partial charge in [-0.3, -0.25) is 4.90 Å². The summed E-state index contributed by atoms with van der Waals surface area (Å²) in [5.74, 6) is 0. The van der Waals surface area contributed by atoms with Crippen LogP contribution < -0.4 is 0 Å². The number of aromatic amines is 1. The maximum Gasteiger partial charge on any atom is 0.0458 e. The minimum Gasteiger partial charge on any atom is -0.361 e. The molecule has 1 unspecified atom stereocenters. The minimum atomic E-state index is 0.420. The SMILES string of the molecule is Brc1ccc2[nH]cc(C3CC=CCN3Cc3ccccc3)c2c1. The molecule has 23 heavy (non-hydrogen) atoms. The normalized spacial score (nSPS) is 18.6. The van der Waals surface area contributed by atoms with Crippen LogP contribution >= 0.6 is 15.9 Å². The molecule has 0 fully saturated rings. The highest BCUT2D eigenvalue weighted by Crippen LogP contribution is 2.35. The van der Waals surface area contributed by atoms with Crippen molar-refractivity contribution in [3.05, 3.63) is 82.5 Å². The number of benzene rings is 2. The molecule has 0 saturated heterocycles. The van der Waals surface area contributed by atoms with Gasteiger partial charge in [0.15, 0.2) is 0 Å². The lowest BCUT2D eigenvalue weighted by atomic mass is 9.98. The number of hydrogen-bond donors (Lipinski definition) is 1. The molecule has 0 spiro atoms. The summed E-state index contributed by atoms with van der Waals surface area (Å²) in [4.78, 5) is 5.98. The standard InChI is InChI=1S/C20H19BrN2/c21-16-9-10-19-17(12-16)18(13-22-19)20-8-4-5-11-23(20)14-15-6-2-1-3-7-15/h1-7,9-10,12-13,20,22H,8,11,14H2. The topological polar surface area (TPSA) is 19.0 Å². The van der Waals surface area contributed by atoms with Gasteiger partial charge in [0.2, 0.25) is 0 Å². The van der Waals surface area contributed by atoms with Gasteiger partial charge in [0, 0.05) is 40.7 Å². The number of nitrogens with zero attached hydrogens (tertiary/aromatic N) is 1. The molecule has 1 aliphatic rings. The van der Waals surface area contributed by atoms with Crippen LogP contribution in [0, 0.1) is 0 Å². The summed E-state index contributed by atoms with van der Waals surface area (Å²) in [6.07, 6.45) is 7.83. The monoisotopic (exact) mass is 366 g/mol. The Morgan fingerprint density at radius 2 is 1.96 bits per heavy atom. The zero-order chi connectivity index (χ0) is 15.6. The van der Waals surface area contributed by atoms with E-state index in [1.54, 1.807) is 0 Å². The summed E-state index contributed by atoms with van der Waals surface area (Å²) in [5, 5.41) is 1.32. The average molecular weight is 367 g/mol. The van der Waals surface area contributed by atoms with Crippen molar-refractivity contribution in [1.29, 1.82) is 0 Å². The molecule has 0 radical (unpaired) electrons. The molecular weight excluding hydrogens is 348 g/mol.